The summed E-state index contributed by atoms with van der Waals surface area (Å²) in [6.45, 7) is 9.52. The number of hydrogen-bond acceptors (Lipinski definition) is 15. The highest BCUT2D eigenvalue weighted by Gasteiger charge is 2.30. The number of carbonyl (C=O) groups is 4. The first-order valence-electron chi connectivity index (χ1n) is 36.0. The Bertz CT molecular complexity index is 1720. The Hall–Kier alpha value is -1.94. The Labute approximate surface area is 537 Å². The van der Waals surface area contributed by atoms with Crippen LogP contribution in [0.3, 0.4) is 0 Å². The van der Waals surface area contributed by atoms with Crippen molar-refractivity contribution in [1.29, 1.82) is 0 Å². The molecule has 0 aliphatic heterocycles. The Morgan fingerprint density at radius 1 is 0.307 bits per heavy atom. The monoisotopic (exact) mass is 1300 g/mol. The maximum absolute atomic E-state index is 13.0. The average Bonchev–Trinajstić information content (AvgIpc) is 3.63. The van der Waals surface area contributed by atoms with Crippen molar-refractivity contribution in [2.24, 2.45) is 11.8 Å². The number of rotatable bonds is 68. The quantitative estimate of drug-likeness (QED) is 0.0222. The minimum Gasteiger partial charge on any atom is -0.462 e. The number of ether oxygens (including phenoxy) is 4. The van der Waals surface area contributed by atoms with Crippen molar-refractivity contribution in [3.05, 3.63) is 0 Å². The van der Waals surface area contributed by atoms with Gasteiger partial charge in [-0.3, -0.25) is 37.3 Å². The molecule has 0 aliphatic carbocycles. The van der Waals surface area contributed by atoms with Crippen LogP contribution < -0.4 is 0 Å². The maximum atomic E-state index is 13.0. The van der Waals surface area contributed by atoms with Gasteiger partial charge in [-0.05, 0) is 37.5 Å². The molecule has 0 fully saturated rings. The fourth-order valence-corrected chi connectivity index (χ4v) is 12.0. The molecule has 0 bridgehead atoms. The predicted octanol–water partition coefficient (Wildman–Crippen LogP) is 19.6. The van der Waals surface area contributed by atoms with Crippen LogP contribution >= 0.6 is 15.6 Å². The summed E-state index contributed by atoms with van der Waals surface area (Å²) >= 11 is 0. The zero-order chi connectivity index (χ0) is 65.0. The molecule has 0 spiro atoms. The van der Waals surface area contributed by atoms with Gasteiger partial charge in [-0.2, -0.15) is 0 Å². The van der Waals surface area contributed by atoms with E-state index in [1.54, 1.807) is 0 Å². The van der Waals surface area contributed by atoms with Crippen LogP contribution in [-0.4, -0.2) is 96.7 Å². The molecule has 0 rings (SSSR count). The van der Waals surface area contributed by atoms with Gasteiger partial charge in [-0.1, -0.05) is 298 Å². The average molecular weight is 1300 g/mol. The summed E-state index contributed by atoms with van der Waals surface area (Å²) in [5.41, 5.74) is 0. The van der Waals surface area contributed by atoms with Crippen LogP contribution in [0.2, 0.25) is 0 Å². The summed E-state index contributed by atoms with van der Waals surface area (Å²) in [5, 5.41) is 10.6. The van der Waals surface area contributed by atoms with Gasteiger partial charge in [0.25, 0.3) is 0 Å². The third-order valence-electron chi connectivity index (χ3n) is 16.0. The van der Waals surface area contributed by atoms with E-state index in [1.807, 2.05) is 0 Å². The van der Waals surface area contributed by atoms with Crippen LogP contribution in [-0.2, 0) is 65.4 Å². The summed E-state index contributed by atoms with van der Waals surface area (Å²) in [6, 6.07) is 0. The first kappa shape index (κ1) is 86.1. The number of phosphoric ester groups is 2. The van der Waals surface area contributed by atoms with Crippen molar-refractivity contribution in [2.45, 2.75) is 368 Å². The predicted molar refractivity (Wildman–Crippen MR) is 354 cm³/mol. The molecule has 88 heavy (non-hydrogen) atoms. The van der Waals surface area contributed by atoms with E-state index in [0.29, 0.717) is 25.7 Å². The van der Waals surface area contributed by atoms with Gasteiger partial charge in [-0.25, -0.2) is 9.13 Å². The zero-order valence-corrected chi connectivity index (χ0v) is 58.8. The molecule has 2 unspecified atom stereocenters. The highest BCUT2D eigenvalue weighted by atomic mass is 31.2. The van der Waals surface area contributed by atoms with E-state index in [4.69, 9.17) is 37.0 Å². The van der Waals surface area contributed by atoms with Gasteiger partial charge >= 0.3 is 39.5 Å². The first-order valence-corrected chi connectivity index (χ1v) is 39.0. The molecule has 0 radical (unpaired) electrons. The van der Waals surface area contributed by atoms with Crippen molar-refractivity contribution >= 4 is 39.5 Å². The van der Waals surface area contributed by atoms with E-state index in [0.717, 1.165) is 102 Å². The minimum atomic E-state index is -4.95. The van der Waals surface area contributed by atoms with Gasteiger partial charge in [0, 0.05) is 25.7 Å². The summed E-state index contributed by atoms with van der Waals surface area (Å²) < 4.78 is 68.1. The molecular weight excluding hydrogens is 1160 g/mol. The fourth-order valence-electron chi connectivity index (χ4n) is 10.4. The van der Waals surface area contributed by atoms with Crippen molar-refractivity contribution in [3.63, 3.8) is 0 Å². The molecule has 0 aromatic rings. The molecule has 3 N–H and O–H groups in total. The molecule has 0 aromatic heterocycles. The van der Waals surface area contributed by atoms with Crippen molar-refractivity contribution in [3.8, 4) is 0 Å². The van der Waals surface area contributed by atoms with Crippen LogP contribution in [0.25, 0.3) is 0 Å². The van der Waals surface area contributed by atoms with Gasteiger partial charge in [0.15, 0.2) is 12.2 Å². The number of aliphatic hydroxyl groups is 1. The molecule has 19 heteroatoms. The number of unbranched alkanes of at least 4 members (excludes halogenated alkanes) is 38. The second-order valence-corrected chi connectivity index (χ2v) is 28.8. The van der Waals surface area contributed by atoms with Crippen LogP contribution in [0.4, 0.5) is 0 Å². The summed E-state index contributed by atoms with van der Waals surface area (Å²) in [4.78, 5) is 72.4. The van der Waals surface area contributed by atoms with Gasteiger partial charge in [0.2, 0.25) is 0 Å². The molecule has 0 amide bonds. The largest absolute Gasteiger partial charge is 0.472 e. The van der Waals surface area contributed by atoms with Crippen LogP contribution in [0.15, 0.2) is 0 Å². The molecule has 0 aliphatic rings. The van der Waals surface area contributed by atoms with E-state index in [9.17, 15) is 43.2 Å². The summed E-state index contributed by atoms with van der Waals surface area (Å²) in [7, 11) is -9.89. The Morgan fingerprint density at radius 2 is 0.523 bits per heavy atom. The zero-order valence-electron chi connectivity index (χ0n) is 57.0. The van der Waals surface area contributed by atoms with E-state index < -0.39 is 97.5 Å². The lowest BCUT2D eigenvalue weighted by molar-refractivity contribution is -0.161. The summed E-state index contributed by atoms with van der Waals surface area (Å²) in [5.74, 6) is -0.582. The normalized spacial score (nSPS) is 14.2. The molecule has 17 nitrogen and oxygen atoms in total. The molecule has 0 heterocycles. The number of carbonyl (C=O) groups excluding carboxylic acids is 4. The topological polar surface area (TPSA) is 237 Å². The number of esters is 4. The van der Waals surface area contributed by atoms with E-state index in [-0.39, 0.29) is 25.7 Å². The van der Waals surface area contributed by atoms with Gasteiger partial charge < -0.3 is 33.8 Å². The smallest absolute Gasteiger partial charge is 0.462 e. The van der Waals surface area contributed by atoms with Crippen LogP contribution in [0.5, 0.6) is 0 Å². The molecule has 0 saturated carbocycles. The Kier molecular flexibility index (Phi) is 59.9. The standard InChI is InChI=1S/C69H134O17P2/c1-7-9-11-13-15-25-33-39-45-51-66(71)79-57-64(85-68(73)53-47-41-35-26-16-14-12-10-8-2)59-83-87(75,76)81-55-63(70)56-82-88(77,78)84-60-65(58-80-67(72)52-46-40-34-30-24-28-32-38-44-50-62(5)6)86-69(74)54-48-42-36-29-23-21-19-17-18-20-22-27-31-37-43-49-61(3)4/h61-65,70H,7-60H2,1-6H3,(H,75,76)(H,77,78)/t63-,64+,65+/m0/s1. The number of phosphoric acid groups is 2. The first-order chi connectivity index (χ1) is 42.4. The lowest BCUT2D eigenvalue weighted by atomic mass is 10.0. The van der Waals surface area contributed by atoms with E-state index in [2.05, 4.69) is 41.5 Å². The van der Waals surface area contributed by atoms with Gasteiger partial charge in [0.1, 0.15) is 19.3 Å². The van der Waals surface area contributed by atoms with Gasteiger partial charge in [-0.15, -0.1) is 0 Å². The van der Waals surface area contributed by atoms with Crippen molar-refractivity contribution in [1.82, 2.24) is 0 Å². The lowest BCUT2D eigenvalue weighted by Crippen LogP contribution is -2.30. The summed E-state index contributed by atoms with van der Waals surface area (Å²) in [6.07, 6.45) is 45.8. The lowest BCUT2D eigenvalue weighted by Gasteiger charge is -2.21. The minimum absolute atomic E-state index is 0.106. The molecule has 0 aromatic carbocycles. The fraction of sp³-hybridized carbons (Fsp3) is 0.942. The Balaban J connectivity index is 5.20. The third kappa shape index (κ3) is 62.8. The molecule has 0 saturated heterocycles. The highest BCUT2D eigenvalue weighted by Crippen LogP contribution is 2.45. The maximum Gasteiger partial charge on any atom is 0.472 e. The van der Waals surface area contributed by atoms with Crippen molar-refractivity contribution < 1.29 is 80.2 Å². The Morgan fingerprint density at radius 3 is 0.773 bits per heavy atom. The molecular formula is C69H134O17P2. The van der Waals surface area contributed by atoms with Crippen molar-refractivity contribution in [2.75, 3.05) is 39.6 Å². The van der Waals surface area contributed by atoms with E-state index >= 15 is 0 Å². The molecule has 522 valence electrons. The third-order valence-corrected chi connectivity index (χ3v) is 17.9. The number of hydrogen-bond donors (Lipinski definition) is 3. The number of aliphatic hydroxyl groups excluding tert-OH is 1. The second kappa shape index (κ2) is 61.3. The molecule has 5 atom stereocenters. The van der Waals surface area contributed by atoms with Crippen LogP contribution in [0, 0.1) is 11.8 Å². The SMILES string of the molecule is CCCCCCCCCCCC(=O)OC[C@H](COP(=O)(O)OC[C@H](O)COP(=O)(O)OC[C@@H](COC(=O)CCCCCCCCCCCC(C)C)OC(=O)CCCCCCCCCCCCCCCCCC(C)C)OC(=O)CCCCCCCCCCC. The second-order valence-electron chi connectivity index (χ2n) is 25.9. The van der Waals surface area contributed by atoms with Gasteiger partial charge in [0.05, 0.1) is 26.4 Å². The highest BCUT2D eigenvalue weighted by molar-refractivity contribution is 7.47. The van der Waals surface area contributed by atoms with Crippen LogP contribution in [0.1, 0.15) is 350 Å². The van der Waals surface area contributed by atoms with E-state index in [1.165, 1.54) is 167 Å².